The number of hydrogen-bond acceptors (Lipinski definition) is 1. The van der Waals surface area contributed by atoms with E-state index >= 15 is 0 Å². The van der Waals surface area contributed by atoms with Crippen molar-refractivity contribution in [1.29, 1.82) is 0 Å². The van der Waals surface area contributed by atoms with Crippen molar-refractivity contribution in [3.8, 4) is 0 Å². The minimum absolute atomic E-state index is 0.110. The van der Waals surface area contributed by atoms with Crippen LogP contribution in [0.25, 0.3) is 0 Å². The first-order chi connectivity index (χ1) is 8.40. The van der Waals surface area contributed by atoms with Gasteiger partial charge in [0.25, 0.3) is 0 Å². The third kappa shape index (κ3) is 4.69. The van der Waals surface area contributed by atoms with E-state index in [0.29, 0.717) is 5.92 Å². The van der Waals surface area contributed by atoms with Gasteiger partial charge in [-0.25, -0.2) is 0 Å². The van der Waals surface area contributed by atoms with Crippen LogP contribution in [0, 0.1) is 5.92 Å². The highest BCUT2D eigenvalue weighted by Gasteiger charge is 2.17. The number of nitrogens with one attached hydrogen (secondary N) is 1. The van der Waals surface area contributed by atoms with Crippen LogP contribution < -0.4 is 5.32 Å². The van der Waals surface area contributed by atoms with E-state index in [-0.39, 0.29) is 11.9 Å². The second-order valence-corrected chi connectivity index (χ2v) is 5.80. The number of carbonyl (C=O) groups excluding carboxylic acids is 1. The molecule has 0 aromatic heterocycles. The normalized spacial score (nSPS) is 12.8. The fourth-order valence-corrected chi connectivity index (χ4v) is 2.01. The Hall–Kier alpha value is -1.02. The molecule has 3 heteroatoms. The molecular weight excluding hydrogens is 246 g/mol. The van der Waals surface area contributed by atoms with E-state index in [1.165, 1.54) is 5.56 Å². The van der Waals surface area contributed by atoms with Crippen molar-refractivity contribution in [3.63, 3.8) is 0 Å². The van der Waals surface area contributed by atoms with E-state index < -0.39 is 5.38 Å². The first kappa shape index (κ1) is 15.0. The summed E-state index contributed by atoms with van der Waals surface area (Å²) >= 11 is 6.15. The van der Waals surface area contributed by atoms with Gasteiger partial charge in [0.1, 0.15) is 5.38 Å². The topological polar surface area (TPSA) is 29.1 Å². The highest BCUT2D eigenvalue weighted by Crippen LogP contribution is 2.22. The van der Waals surface area contributed by atoms with E-state index in [1.54, 1.807) is 0 Å². The van der Waals surface area contributed by atoms with Crippen molar-refractivity contribution in [2.75, 3.05) is 0 Å². The Kier molecular flexibility index (Phi) is 5.67. The van der Waals surface area contributed by atoms with Crippen LogP contribution in [0.1, 0.15) is 44.2 Å². The van der Waals surface area contributed by atoms with Crippen molar-refractivity contribution in [3.05, 3.63) is 35.4 Å². The monoisotopic (exact) mass is 267 g/mol. The SMILES string of the molecule is CC(C)Cc1ccc(C(Cl)C(=O)NC(C)C)cc1. The maximum atomic E-state index is 11.8. The minimum Gasteiger partial charge on any atom is -0.352 e. The molecule has 2 nitrogen and oxygen atoms in total. The third-order valence-electron chi connectivity index (χ3n) is 2.58. The molecule has 0 aliphatic carbocycles. The van der Waals surface area contributed by atoms with Crippen molar-refractivity contribution in [1.82, 2.24) is 5.32 Å². The quantitative estimate of drug-likeness (QED) is 0.810. The molecule has 0 fully saturated rings. The molecule has 1 aromatic rings. The average Bonchev–Trinajstić information content (AvgIpc) is 2.27. The predicted octanol–water partition coefficient (Wildman–Crippen LogP) is 3.69. The molecule has 100 valence electrons. The molecule has 0 spiro atoms. The smallest absolute Gasteiger partial charge is 0.242 e. The fourth-order valence-electron chi connectivity index (χ4n) is 1.80. The van der Waals surface area contributed by atoms with Crippen LogP contribution in [0.4, 0.5) is 0 Å². The summed E-state index contributed by atoms with van der Waals surface area (Å²) in [6.45, 7) is 8.23. The van der Waals surface area contributed by atoms with Crippen LogP contribution >= 0.6 is 11.6 Å². The van der Waals surface area contributed by atoms with Crippen LogP contribution in [-0.4, -0.2) is 11.9 Å². The number of hydrogen-bond donors (Lipinski definition) is 1. The molecule has 1 N–H and O–H groups in total. The average molecular weight is 268 g/mol. The summed E-state index contributed by atoms with van der Waals surface area (Å²) in [5.41, 5.74) is 2.13. The number of benzene rings is 1. The summed E-state index contributed by atoms with van der Waals surface area (Å²) in [5.74, 6) is 0.496. The Morgan fingerprint density at radius 2 is 1.72 bits per heavy atom. The van der Waals surface area contributed by atoms with Crippen molar-refractivity contribution in [2.24, 2.45) is 5.92 Å². The first-order valence-electron chi connectivity index (χ1n) is 6.43. The number of alkyl halides is 1. The second kappa shape index (κ2) is 6.79. The molecule has 1 atom stereocenters. The first-order valence-corrected chi connectivity index (χ1v) is 6.87. The Balaban J connectivity index is 2.69. The van der Waals surface area contributed by atoms with E-state index in [1.807, 2.05) is 38.1 Å². The van der Waals surface area contributed by atoms with Gasteiger partial charge in [0.05, 0.1) is 0 Å². The van der Waals surface area contributed by atoms with Gasteiger partial charge in [-0.3, -0.25) is 4.79 Å². The van der Waals surface area contributed by atoms with Gasteiger partial charge in [-0.1, -0.05) is 38.1 Å². The van der Waals surface area contributed by atoms with Crippen molar-refractivity contribution in [2.45, 2.75) is 45.5 Å². The standard InChI is InChI=1S/C15H22ClNO/c1-10(2)9-12-5-7-13(8-6-12)14(16)15(18)17-11(3)4/h5-8,10-11,14H,9H2,1-4H3,(H,17,18). The van der Waals surface area contributed by atoms with Gasteiger partial charge < -0.3 is 5.32 Å². The lowest BCUT2D eigenvalue weighted by atomic mass is 10.0. The summed E-state index contributed by atoms with van der Waals surface area (Å²) in [5, 5.41) is 2.21. The predicted molar refractivity (Wildman–Crippen MR) is 76.9 cm³/mol. The lowest BCUT2D eigenvalue weighted by molar-refractivity contribution is -0.121. The number of rotatable bonds is 5. The molecule has 1 unspecified atom stereocenters. The van der Waals surface area contributed by atoms with Crippen LogP contribution in [-0.2, 0) is 11.2 Å². The van der Waals surface area contributed by atoms with E-state index in [2.05, 4.69) is 19.2 Å². The Bertz CT molecular complexity index is 384. The van der Waals surface area contributed by atoms with Gasteiger partial charge in [0, 0.05) is 6.04 Å². The van der Waals surface area contributed by atoms with Crippen molar-refractivity contribution < 1.29 is 4.79 Å². The van der Waals surface area contributed by atoms with E-state index in [0.717, 1.165) is 12.0 Å². The van der Waals surface area contributed by atoms with E-state index in [9.17, 15) is 4.79 Å². The largest absolute Gasteiger partial charge is 0.352 e. The summed E-state index contributed by atoms with van der Waals surface area (Å²) in [6.07, 6.45) is 1.05. The van der Waals surface area contributed by atoms with Gasteiger partial charge in [-0.05, 0) is 37.3 Å². The van der Waals surface area contributed by atoms with Gasteiger partial charge in [-0.15, -0.1) is 11.6 Å². The molecule has 0 heterocycles. The van der Waals surface area contributed by atoms with Gasteiger partial charge in [0.2, 0.25) is 5.91 Å². The van der Waals surface area contributed by atoms with Crippen LogP contribution in [0.5, 0.6) is 0 Å². The number of halogens is 1. The highest BCUT2D eigenvalue weighted by molar-refractivity contribution is 6.30. The molecule has 0 aliphatic rings. The second-order valence-electron chi connectivity index (χ2n) is 5.37. The van der Waals surface area contributed by atoms with Crippen molar-refractivity contribution >= 4 is 17.5 Å². The molecule has 0 radical (unpaired) electrons. The fraction of sp³-hybridized carbons (Fsp3) is 0.533. The molecule has 0 aliphatic heterocycles. The molecule has 1 rings (SSSR count). The van der Waals surface area contributed by atoms with Crippen LogP contribution in [0.2, 0.25) is 0 Å². The minimum atomic E-state index is -0.611. The lowest BCUT2D eigenvalue weighted by Crippen LogP contribution is -2.32. The molecule has 18 heavy (non-hydrogen) atoms. The lowest BCUT2D eigenvalue weighted by Gasteiger charge is -2.14. The molecule has 1 amide bonds. The molecule has 1 aromatic carbocycles. The molecule has 0 saturated heterocycles. The number of carbonyl (C=O) groups is 1. The summed E-state index contributed by atoms with van der Waals surface area (Å²) < 4.78 is 0. The highest BCUT2D eigenvalue weighted by atomic mass is 35.5. The zero-order valence-corrected chi connectivity index (χ0v) is 12.3. The summed E-state index contributed by atoms with van der Waals surface area (Å²) in [7, 11) is 0. The van der Waals surface area contributed by atoms with Gasteiger partial charge in [0.15, 0.2) is 0 Å². The molecule has 0 saturated carbocycles. The van der Waals surface area contributed by atoms with Gasteiger partial charge >= 0.3 is 0 Å². The summed E-state index contributed by atoms with van der Waals surface area (Å²) in [4.78, 5) is 11.8. The Labute approximate surface area is 115 Å². The molecular formula is C15H22ClNO. The summed E-state index contributed by atoms with van der Waals surface area (Å²) in [6, 6.07) is 8.09. The van der Waals surface area contributed by atoms with E-state index in [4.69, 9.17) is 11.6 Å². The number of amides is 1. The third-order valence-corrected chi connectivity index (χ3v) is 3.03. The van der Waals surface area contributed by atoms with Gasteiger partial charge in [-0.2, -0.15) is 0 Å². The zero-order valence-electron chi connectivity index (χ0n) is 11.5. The molecule has 0 bridgehead atoms. The van der Waals surface area contributed by atoms with Crippen LogP contribution in [0.3, 0.4) is 0 Å². The maximum absolute atomic E-state index is 11.8. The van der Waals surface area contributed by atoms with Crippen LogP contribution in [0.15, 0.2) is 24.3 Å². The maximum Gasteiger partial charge on any atom is 0.242 e. The Morgan fingerprint density at radius 3 is 2.17 bits per heavy atom. The zero-order chi connectivity index (χ0) is 13.7. The Morgan fingerprint density at radius 1 is 1.17 bits per heavy atom.